The summed E-state index contributed by atoms with van der Waals surface area (Å²) in [5.74, 6) is -30.3. The van der Waals surface area contributed by atoms with Crippen LogP contribution in [0.3, 0.4) is 0 Å². The largest absolute Gasteiger partial charge is 2.00 e. The van der Waals surface area contributed by atoms with E-state index in [0.29, 0.717) is 0 Å². The van der Waals surface area contributed by atoms with E-state index in [1.165, 1.54) is 0 Å². The van der Waals surface area contributed by atoms with Crippen LogP contribution in [0.1, 0.15) is 6.92 Å². The molecule has 0 radical (unpaired) electrons. The maximum Gasteiger partial charge on any atom is 2.00 e. The van der Waals surface area contributed by atoms with Crippen LogP contribution >= 0.6 is 24.0 Å². The van der Waals surface area contributed by atoms with E-state index >= 15 is 0 Å². The molecule has 0 amide bonds. The van der Waals surface area contributed by atoms with Crippen LogP contribution in [0.5, 0.6) is 0 Å². The summed E-state index contributed by atoms with van der Waals surface area (Å²) in [4.78, 5) is 0. The van der Waals surface area contributed by atoms with Crippen molar-refractivity contribution in [3.8, 4) is 0 Å². The van der Waals surface area contributed by atoms with Gasteiger partial charge in [-0.05, 0) is 0 Å². The Morgan fingerprint density at radius 1 is 0.609 bits per heavy atom. The summed E-state index contributed by atoms with van der Waals surface area (Å²) in [6.45, 7) is 5.00. The van der Waals surface area contributed by atoms with Gasteiger partial charge in [-0.25, -0.2) is 8.78 Å². The van der Waals surface area contributed by atoms with Crippen molar-refractivity contribution in [1.29, 1.82) is 0 Å². The monoisotopic (exact) mass is 500 g/mol. The Hall–Kier alpha value is 0.586. The minimum atomic E-state index is -7.80. The average molecular weight is 500 g/mol. The Kier molecular flexibility index (Phi) is 12.7. The molecule has 23 heavy (non-hydrogen) atoms. The van der Waals surface area contributed by atoms with E-state index in [2.05, 4.69) is 6.92 Å². The van der Waals surface area contributed by atoms with Crippen LogP contribution in [0.25, 0.3) is 0 Å². The molecule has 0 atom stereocenters. The molecule has 0 aromatic rings. The summed E-state index contributed by atoms with van der Waals surface area (Å²) < 4.78 is 154. The predicted molar refractivity (Wildman–Crippen MR) is 63.5 cm³/mol. The summed E-state index contributed by atoms with van der Waals surface area (Å²) in [7, 11) is 0. The summed E-state index contributed by atoms with van der Waals surface area (Å²) in [6.07, 6.45) is -12.1. The van der Waals surface area contributed by atoms with Crippen molar-refractivity contribution < 1.29 is 57.1 Å². The molecule has 0 aromatic heterocycles. The van der Waals surface area contributed by atoms with Crippen molar-refractivity contribution in [3.63, 3.8) is 0 Å². The van der Waals surface area contributed by atoms with Gasteiger partial charge in [0, 0.05) is 0 Å². The van der Waals surface area contributed by atoms with Crippen molar-refractivity contribution in [2.24, 2.45) is 0 Å². The molecule has 0 saturated carbocycles. The molecule has 0 bridgehead atoms. The summed E-state index contributed by atoms with van der Waals surface area (Å²) in [5.41, 5.74) is 0. The van der Waals surface area contributed by atoms with Gasteiger partial charge in [0.2, 0.25) is 0 Å². The van der Waals surface area contributed by atoms with E-state index < -0.39 is 36.3 Å². The second-order valence-corrected chi connectivity index (χ2v) is 3.06. The molecule has 0 unspecified atom stereocenters. The summed E-state index contributed by atoms with van der Waals surface area (Å²) in [6, 6.07) is 0. The molecule has 0 spiro atoms. The molecule has 0 aromatic carbocycles. The maximum absolute atomic E-state index is 12.3. The first kappa shape index (κ1) is 31.4. The van der Waals surface area contributed by atoms with Crippen LogP contribution in [-0.4, -0.2) is 52.9 Å². The zero-order valence-electron chi connectivity index (χ0n) is 10.7. The summed E-state index contributed by atoms with van der Waals surface area (Å²) in [5, 5.41) is 0. The van der Waals surface area contributed by atoms with Gasteiger partial charge < -0.3 is 15.7 Å². The predicted octanol–water partition coefficient (Wildman–Crippen LogP) is 5.60. The first-order valence-electron chi connectivity index (χ1n) is 4.41. The van der Waals surface area contributed by atoms with E-state index in [9.17, 15) is 57.1 Å². The normalized spacial score (nSPS) is 13.6. The van der Waals surface area contributed by atoms with Crippen LogP contribution in [0, 0.1) is 13.3 Å². The van der Waals surface area contributed by atoms with Crippen LogP contribution in [0.4, 0.5) is 57.1 Å². The third-order valence-electron chi connectivity index (χ3n) is 1.78. The molecule has 0 rings (SSSR count). The van der Waals surface area contributed by atoms with Crippen LogP contribution in [0.15, 0.2) is 0 Å². The Balaban J connectivity index is -0.000000432. The van der Waals surface area contributed by atoms with Gasteiger partial charge in [0.05, 0.1) is 6.43 Å². The molecular weight excluding hydrogens is 494 g/mol. The molecule has 0 aliphatic heterocycles. The fraction of sp³-hybridized carbons (Fsp3) is 0.750. The molecule has 15 heteroatoms. The maximum atomic E-state index is 12.3. The smallest absolute Gasteiger partial charge is 0.415 e. The number of halogens is 14. The quantitative estimate of drug-likeness (QED) is 0.204. The Morgan fingerprint density at radius 2 is 0.870 bits per heavy atom. The fourth-order valence-corrected chi connectivity index (χ4v) is 0.691. The second kappa shape index (κ2) is 9.33. The fourth-order valence-electron chi connectivity index (χ4n) is 0.691. The van der Waals surface area contributed by atoms with Gasteiger partial charge in [-0.15, -0.1) is 24.0 Å². The molecule has 0 saturated heterocycles. The Labute approximate surface area is 154 Å². The number of hydrogen-bond donors (Lipinski definition) is 0. The number of rotatable bonds is 4. The van der Waals surface area contributed by atoms with Crippen LogP contribution in [-0.2, 0) is 0 Å². The van der Waals surface area contributed by atoms with Gasteiger partial charge in [-0.1, -0.05) is 0 Å². The molecule has 0 fully saturated rings. The van der Waals surface area contributed by atoms with E-state index in [-0.39, 0.29) is 47.0 Å². The molecule has 0 aliphatic carbocycles. The van der Waals surface area contributed by atoms with Crippen molar-refractivity contribution in [3.05, 3.63) is 13.3 Å². The van der Waals surface area contributed by atoms with Gasteiger partial charge in [0.15, 0.2) is 0 Å². The SMILES string of the molecule is F[C-](F)C(F)(F)C(F)(F)C(F)(F)C(F)(F)C(F)(F)F.I.[CH2-]C.[Mg+2]. The third kappa shape index (κ3) is 5.28. The number of alkyl halides is 11. The molecule has 0 nitrogen and oxygen atoms in total. The standard InChI is InChI=1S/C6F13.C2H5.HI.Mg/c7-1(8)2(9,10)3(11,12)4(13,14)5(15,16)6(17,18)19;1-2;;/h;1H2,2H3;1H;/q2*-1;;+2. The van der Waals surface area contributed by atoms with Gasteiger partial charge in [-0.3, -0.25) is 0 Å². The Morgan fingerprint density at radius 3 is 1.04 bits per heavy atom. The molecule has 0 N–H and O–H groups in total. The van der Waals surface area contributed by atoms with Gasteiger partial charge in [0.25, 0.3) is 5.92 Å². The van der Waals surface area contributed by atoms with Crippen LogP contribution < -0.4 is 0 Å². The molecular formula is C8H6F13IMg. The molecule has 138 valence electrons. The Bertz CT molecular complexity index is 337. The van der Waals surface area contributed by atoms with Gasteiger partial charge in [-0.2, -0.15) is 46.4 Å². The van der Waals surface area contributed by atoms with E-state index in [1.54, 1.807) is 6.92 Å². The van der Waals surface area contributed by atoms with Crippen molar-refractivity contribution >= 4 is 47.0 Å². The van der Waals surface area contributed by atoms with Crippen molar-refractivity contribution in [1.82, 2.24) is 0 Å². The summed E-state index contributed by atoms with van der Waals surface area (Å²) >= 11 is 0. The number of hydrogen-bond acceptors (Lipinski definition) is 0. The van der Waals surface area contributed by atoms with Gasteiger partial charge in [0.1, 0.15) is 0 Å². The second-order valence-electron chi connectivity index (χ2n) is 3.06. The topological polar surface area (TPSA) is 0 Å². The van der Waals surface area contributed by atoms with Crippen molar-refractivity contribution in [2.45, 2.75) is 36.8 Å². The third-order valence-corrected chi connectivity index (χ3v) is 1.78. The van der Waals surface area contributed by atoms with E-state index in [1.807, 2.05) is 0 Å². The van der Waals surface area contributed by atoms with Crippen molar-refractivity contribution in [2.75, 3.05) is 0 Å². The first-order valence-corrected chi connectivity index (χ1v) is 4.41. The van der Waals surface area contributed by atoms with E-state index in [4.69, 9.17) is 0 Å². The zero-order valence-corrected chi connectivity index (χ0v) is 14.5. The minimum absolute atomic E-state index is 0. The zero-order chi connectivity index (χ0) is 18.1. The minimum Gasteiger partial charge on any atom is -0.415 e. The average Bonchev–Trinajstić information content (AvgIpc) is 2.29. The van der Waals surface area contributed by atoms with Crippen LogP contribution in [0.2, 0.25) is 0 Å². The molecule has 0 aliphatic rings. The van der Waals surface area contributed by atoms with Gasteiger partial charge >= 0.3 is 47.0 Å². The molecule has 0 heterocycles. The first-order chi connectivity index (χ1) is 8.94. The van der Waals surface area contributed by atoms with E-state index in [0.717, 1.165) is 0 Å².